The summed E-state index contributed by atoms with van der Waals surface area (Å²) < 4.78 is 38.5. The molecule has 1 aromatic carbocycles. The van der Waals surface area contributed by atoms with E-state index in [1.165, 1.54) is 24.7 Å². The summed E-state index contributed by atoms with van der Waals surface area (Å²) in [5.41, 5.74) is 18.6. The first-order chi connectivity index (χ1) is 14.8. The molecule has 31 heavy (non-hydrogen) atoms. The van der Waals surface area contributed by atoms with E-state index in [-0.39, 0.29) is 18.4 Å². The minimum Gasteiger partial charge on any atom is -0.404 e. The monoisotopic (exact) mass is 434 g/mol. The van der Waals surface area contributed by atoms with E-state index >= 15 is 0 Å². The summed E-state index contributed by atoms with van der Waals surface area (Å²) >= 11 is 0. The second-order valence-electron chi connectivity index (χ2n) is 7.12. The van der Waals surface area contributed by atoms with E-state index in [2.05, 4.69) is 14.9 Å². The van der Waals surface area contributed by atoms with Crippen LogP contribution in [-0.2, 0) is 6.18 Å². The third kappa shape index (κ3) is 4.78. The minimum atomic E-state index is -4.37. The van der Waals surface area contributed by atoms with E-state index < -0.39 is 11.7 Å². The second kappa shape index (κ2) is 9.31. The Hall–Kier alpha value is -3.18. The molecule has 1 saturated heterocycles. The predicted octanol–water partition coefficient (Wildman–Crippen LogP) is 1.85. The van der Waals surface area contributed by atoms with Crippen LogP contribution < -0.4 is 22.1 Å². The number of alkyl halides is 3. The van der Waals surface area contributed by atoms with Crippen molar-refractivity contribution in [2.24, 2.45) is 11.5 Å². The molecular formula is C20H25F3N8. The number of anilines is 2. The lowest BCUT2D eigenvalue weighted by Crippen LogP contribution is -2.49. The molecule has 7 N–H and O–H groups in total. The van der Waals surface area contributed by atoms with Crippen LogP contribution in [0.2, 0.25) is 0 Å². The van der Waals surface area contributed by atoms with E-state index in [1.54, 1.807) is 0 Å². The van der Waals surface area contributed by atoms with Gasteiger partial charge in [0.05, 0.1) is 11.1 Å². The number of nitrogens with one attached hydrogen (secondary N) is 1. The molecule has 3 rings (SSSR count). The lowest BCUT2D eigenvalue weighted by Gasteiger charge is -2.40. The summed E-state index contributed by atoms with van der Waals surface area (Å²) in [7, 11) is 0. The fraction of sp³-hybridized carbons (Fsp3) is 0.350. The number of hydrogen-bond donors (Lipinski definition) is 4. The Labute approximate surface area is 178 Å². The lowest BCUT2D eigenvalue weighted by atomic mass is 10.0. The van der Waals surface area contributed by atoms with Crippen molar-refractivity contribution in [2.75, 3.05) is 43.4 Å². The Morgan fingerprint density at radius 3 is 2.29 bits per heavy atom. The number of nitrogens with two attached hydrogens (primary N) is 3. The highest BCUT2D eigenvalue weighted by Gasteiger charge is 2.31. The van der Waals surface area contributed by atoms with Gasteiger partial charge in [-0.15, -0.1) is 0 Å². The van der Waals surface area contributed by atoms with E-state index in [0.717, 1.165) is 23.9 Å². The molecule has 8 nitrogen and oxygen atoms in total. The molecule has 11 heteroatoms. The average Bonchev–Trinajstić information content (AvgIpc) is 2.76. The molecule has 0 saturated carbocycles. The normalized spacial score (nSPS) is 16.9. The van der Waals surface area contributed by atoms with Gasteiger partial charge in [0.2, 0.25) is 0 Å². The third-order valence-corrected chi connectivity index (χ3v) is 5.38. The van der Waals surface area contributed by atoms with Crippen LogP contribution >= 0.6 is 0 Å². The van der Waals surface area contributed by atoms with Gasteiger partial charge < -0.3 is 27.5 Å². The molecule has 0 bridgehead atoms. The number of nitrogens with zero attached hydrogens (tertiary/aromatic N) is 4. The van der Waals surface area contributed by atoms with Crippen molar-refractivity contribution < 1.29 is 13.2 Å². The highest BCUT2D eigenvalue weighted by molar-refractivity contribution is 6.12. The maximum Gasteiger partial charge on any atom is 0.416 e. The van der Waals surface area contributed by atoms with Gasteiger partial charge >= 0.3 is 6.18 Å². The number of nitrogen functional groups attached to an aromatic ring is 1. The summed E-state index contributed by atoms with van der Waals surface area (Å²) in [6, 6.07) is 4.95. The Bertz CT molecular complexity index is 934. The lowest BCUT2D eigenvalue weighted by molar-refractivity contribution is -0.137. The van der Waals surface area contributed by atoms with Gasteiger partial charge in [-0.05, 0) is 17.7 Å². The third-order valence-electron chi connectivity index (χ3n) is 5.38. The Morgan fingerprint density at radius 2 is 1.77 bits per heavy atom. The molecule has 0 spiro atoms. The summed E-state index contributed by atoms with van der Waals surface area (Å²) in [6.07, 6.45) is -0.614. The molecular weight excluding hydrogens is 409 g/mol. The zero-order valence-electron chi connectivity index (χ0n) is 16.8. The first-order valence-electron chi connectivity index (χ1n) is 9.69. The standard InChI is InChI=1S/C20H25F3N8/c21-20(22,23)15-3-1-13(2-4-15)16(11-26)30-5-7-31(8-6-30)19-17(14(9-24)10-25)18(27)28-12-29-19/h1-4,9-10,12,16,24H,5-8,11,25-26H2,(H2,27,28,29)/b14-10+,24-9?. The minimum absolute atomic E-state index is 0.194. The topological polar surface area (TPSA) is 134 Å². The molecule has 1 fully saturated rings. The molecule has 1 aromatic heterocycles. The molecule has 2 heterocycles. The number of aromatic nitrogens is 2. The van der Waals surface area contributed by atoms with E-state index in [9.17, 15) is 13.2 Å². The molecule has 1 unspecified atom stereocenters. The molecule has 1 aliphatic heterocycles. The predicted molar refractivity (Wildman–Crippen MR) is 114 cm³/mol. The largest absolute Gasteiger partial charge is 0.416 e. The van der Waals surface area contributed by atoms with Crippen molar-refractivity contribution in [3.05, 3.63) is 53.5 Å². The van der Waals surface area contributed by atoms with E-state index in [0.29, 0.717) is 43.1 Å². The van der Waals surface area contributed by atoms with E-state index in [1.807, 2.05) is 4.90 Å². The summed E-state index contributed by atoms with van der Waals surface area (Å²) in [5, 5.41) is 7.57. The van der Waals surface area contributed by atoms with Crippen LogP contribution in [0.5, 0.6) is 0 Å². The van der Waals surface area contributed by atoms with Crippen LogP contribution in [0.15, 0.2) is 36.8 Å². The highest BCUT2D eigenvalue weighted by Crippen LogP contribution is 2.32. The van der Waals surface area contributed by atoms with Crippen molar-refractivity contribution in [1.82, 2.24) is 14.9 Å². The average molecular weight is 434 g/mol. The fourth-order valence-corrected chi connectivity index (χ4v) is 3.75. The van der Waals surface area contributed by atoms with Gasteiger partial charge in [0.1, 0.15) is 18.0 Å². The van der Waals surface area contributed by atoms with Crippen molar-refractivity contribution in [3.8, 4) is 0 Å². The van der Waals surface area contributed by atoms with Gasteiger partial charge in [-0.3, -0.25) is 4.90 Å². The molecule has 0 radical (unpaired) electrons. The number of halogens is 3. The van der Waals surface area contributed by atoms with Gasteiger partial charge in [0.25, 0.3) is 0 Å². The van der Waals surface area contributed by atoms with Crippen molar-refractivity contribution >= 4 is 23.4 Å². The van der Waals surface area contributed by atoms with Gasteiger partial charge in [-0.1, -0.05) is 12.1 Å². The number of benzene rings is 1. The summed E-state index contributed by atoms with van der Waals surface area (Å²) in [5.74, 6) is 0.823. The second-order valence-corrected chi connectivity index (χ2v) is 7.12. The highest BCUT2D eigenvalue weighted by atomic mass is 19.4. The summed E-state index contributed by atoms with van der Waals surface area (Å²) in [6.45, 7) is 2.72. The molecule has 0 aliphatic carbocycles. The number of hydrogen-bond acceptors (Lipinski definition) is 8. The number of allylic oxidation sites excluding steroid dienone is 1. The molecule has 0 amide bonds. The van der Waals surface area contributed by atoms with Gasteiger partial charge in [-0.2, -0.15) is 13.2 Å². The first kappa shape index (κ1) is 22.5. The zero-order chi connectivity index (χ0) is 22.6. The smallest absolute Gasteiger partial charge is 0.404 e. The van der Waals surface area contributed by atoms with Gasteiger partial charge in [0.15, 0.2) is 0 Å². The maximum absolute atomic E-state index is 12.8. The van der Waals surface area contributed by atoms with Crippen LogP contribution in [0.4, 0.5) is 24.8 Å². The van der Waals surface area contributed by atoms with Crippen LogP contribution in [0.1, 0.15) is 22.7 Å². The maximum atomic E-state index is 12.8. The van der Waals surface area contributed by atoms with Crippen LogP contribution in [0.25, 0.3) is 5.57 Å². The SMILES string of the molecule is N=C/C(=C\N)c1c(N)ncnc1N1CCN(C(CN)c2ccc(C(F)(F)F)cc2)CC1. The molecule has 1 atom stereocenters. The fourth-order valence-electron chi connectivity index (χ4n) is 3.75. The van der Waals surface area contributed by atoms with Crippen molar-refractivity contribution in [2.45, 2.75) is 12.2 Å². The zero-order valence-corrected chi connectivity index (χ0v) is 16.8. The summed E-state index contributed by atoms with van der Waals surface area (Å²) in [4.78, 5) is 12.5. The quantitative estimate of drug-likeness (QED) is 0.510. The Balaban J connectivity index is 1.76. The number of rotatable bonds is 6. The molecule has 1 aliphatic rings. The van der Waals surface area contributed by atoms with Gasteiger partial charge in [0, 0.05) is 56.8 Å². The molecule has 2 aromatic rings. The molecule has 166 valence electrons. The van der Waals surface area contributed by atoms with Gasteiger partial charge in [-0.25, -0.2) is 9.97 Å². The van der Waals surface area contributed by atoms with E-state index in [4.69, 9.17) is 22.6 Å². The van der Waals surface area contributed by atoms with Crippen molar-refractivity contribution in [3.63, 3.8) is 0 Å². The van der Waals surface area contributed by atoms with Crippen LogP contribution in [0.3, 0.4) is 0 Å². The van der Waals surface area contributed by atoms with Crippen LogP contribution in [-0.4, -0.2) is 53.8 Å². The Kier molecular flexibility index (Phi) is 6.76. The number of piperazine rings is 1. The van der Waals surface area contributed by atoms with Crippen LogP contribution in [0, 0.1) is 5.41 Å². The van der Waals surface area contributed by atoms with Crippen molar-refractivity contribution in [1.29, 1.82) is 5.41 Å². The first-order valence-corrected chi connectivity index (χ1v) is 9.69. The Morgan fingerprint density at radius 1 is 1.13 bits per heavy atom.